The molecule has 1 aromatic rings. The van der Waals surface area contributed by atoms with E-state index >= 15 is 0 Å². The van der Waals surface area contributed by atoms with Crippen molar-refractivity contribution in [2.45, 2.75) is 45.6 Å². The minimum absolute atomic E-state index is 0.224. The molecule has 2 fully saturated rings. The molecule has 1 amide bonds. The first kappa shape index (κ1) is 12.7. The van der Waals surface area contributed by atoms with Crippen LogP contribution in [0, 0.1) is 24.7 Å². The summed E-state index contributed by atoms with van der Waals surface area (Å²) in [5.41, 5.74) is 1.14. The summed E-state index contributed by atoms with van der Waals surface area (Å²) in [6, 6.07) is 1.98. The van der Waals surface area contributed by atoms with E-state index in [-0.39, 0.29) is 5.91 Å². The van der Waals surface area contributed by atoms with Gasteiger partial charge in [0, 0.05) is 24.9 Å². The predicted molar refractivity (Wildman–Crippen MR) is 73.5 cm³/mol. The fraction of sp³-hybridized carbons (Fsp3) is 0.733. The van der Waals surface area contributed by atoms with Crippen LogP contribution in [0.2, 0.25) is 0 Å². The Kier molecular flexibility index (Phi) is 3.58. The van der Waals surface area contributed by atoms with Crippen molar-refractivity contribution < 1.29 is 4.79 Å². The molecule has 0 saturated heterocycles. The van der Waals surface area contributed by atoms with Gasteiger partial charge in [-0.1, -0.05) is 6.42 Å². The van der Waals surface area contributed by atoms with E-state index in [0.717, 1.165) is 30.5 Å². The minimum Gasteiger partial charge on any atom is -0.354 e. The van der Waals surface area contributed by atoms with E-state index in [1.54, 1.807) is 6.20 Å². The van der Waals surface area contributed by atoms with Crippen LogP contribution in [0.3, 0.4) is 0 Å². The second kappa shape index (κ2) is 5.35. The molecular formula is C15H23N3O. The zero-order valence-electron chi connectivity index (χ0n) is 11.6. The fourth-order valence-corrected chi connectivity index (χ4v) is 3.87. The fourth-order valence-electron chi connectivity index (χ4n) is 3.87. The Hall–Kier alpha value is -1.32. The summed E-state index contributed by atoms with van der Waals surface area (Å²) in [4.78, 5) is 11.9. The molecule has 4 nitrogen and oxygen atoms in total. The van der Waals surface area contributed by atoms with Gasteiger partial charge in [0.1, 0.15) is 0 Å². The Bertz CT molecular complexity index is 454. The van der Waals surface area contributed by atoms with Crippen molar-refractivity contribution in [1.29, 1.82) is 0 Å². The Labute approximate surface area is 114 Å². The van der Waals surface area contributed by atoms with Crippen molar-refractivity contribution in [2.75, 3.05) is 6.54 Å². The van der Waals surface area contributed by atoms with Crippen LogP contribution < -0.4 is 5.32 Å². The number of nitrogens with zero attached hydrogens (tertiary/aromatic N) is 2. The largest absolute Gasteiger partial charge is 0.354 e. The van der Waals surface area contributed by atoms with Gasteiger partial charge in [0.15, 0.2) is 0 Å². The molecule has 2 aliphatic rings. The summed E-state index contributed by atoms with van der Waals surface area (Å²) >= 11 is 0. The zero-order valence-corrected chi connectivity index (χ0v) is 11.6. The molecule has 2 saturated carbocycles. The molecule has 2 bridgehead atoms. The smallest absolute Gasteiger partial charge is 0.220 e. The molecule has 1 N–H and O–H groups in total. The van der Waals surface area contributed by atoms with Crippen molar-refractivity contribution in [1.82, 2.24) is 15.1 Å². The summed E-state index contributed by atoms with van der Waals surface area (Å²) in [7, 11) is 0. The summed E-state index contributed by atoms with van der Waals surface area (Å²) in [6.07, 6.45) is 7.96. The third-order valence-electron chi connectivity index (χ3n) is 4.91. The lowest BCUT2D eigenvalue weighted by atomic mass is 9.86. The standard InChI is InChI=1S/C15H23N3O/c1-11-4-5-17-18(11)7-6-16-15(19)10-14-9-12-2-3-13(14)8-12/h4-5,12-14H,2-3,6-10H2,1H3,(H,16,19)/t12-,13-,14+/m1/s1. The molecule has 0 spiro atoms. The van der Waals surface area contributed by atoms with Gasteiger partial charge in [-0.15, -0.1) is 0 Å². The van der Waals surface area contributed by atoms with Crippen LogP contribution in [0.4, 0.5) is 0 Å². The quantitative estimate of drug-likeness (QED) is 0.882. The Balaban J connectivity index is 1.39. The number of aryl methyl sites for hydroxylation is 1. The highest BCUT2D eigenvalue weighted by atomic mass is 16.1. The molecular weight excluding hydrogens is 238 g/mol. The van der Waals surface area contributed by atoms with E-state index in [1.807, 2.05) is 17.7 Å². The number of hydrogen-bond acceptors (Lipinski definition) is 2. The average molecular weight is 261 g/mol. The van der Waals surface area contributed by atoms with Gasteiger partial charge in [0.2, 0.25) is 5.91 Å². The van der Waals surface area contributed by atoms with Crippen LogP contribution in [-0.2, 0) is 11.3 Å². The van der Waals surface area contributed by atoms with E-state index in [0.29, 0.717) is 12.5 Å². The maximum atomic E-state index is 11.9. The topological polar surface area (TPSA) is 46.9 Å². The van der Waals surface area contributed by atoms with E-state index in [4.69, 9.17) is 0 Å². The molecule has 0 aromatic carbocycles. The number of carbonyl (C=O) groups excluding carboxylic acids is 1. The summed E-state index contributed by atoms with van der Waals surface area (Å²) < 4.78 is 1.93. The molecule has 0 aliphatic heterocycles. The van der Waals surface area contributed by atoms with Crippen molar-refractivity contribution >= 4 is 5.91 Å². The van der Waals surface area contributed by atoms with Gasteiger partial charge in [-0.25, -0.2) is 0 Å². The van der Waals surface area contributed by atoms with Gasteiger partial charge in [-0.3, -0.25) is 9.48 Å². The first-order valence-corrected chi connectivity index (χ1v) is 7.47. The predicted octanol–water partition coefficient (Wildman–Crippen LogP) is 2.13. The van der Waals surface area contributed by atoms with Gasteiger partial charge >= 0.3 is 0 Å². The van der Waals surface area contributed by atoms with Gasteiger partial charge in [0.05, 0.1) is 6.54 Å². The third-order valence-corrected chi connectivity index (χ3v) is 4.91. The summed E-state index contributed by atoms with van der Waals surface area (Å²) in [5, 5.41) is 7.25. The Morgan fingerprint density at radius 2 is 2.37 bits per heavy atom. The molecule has 104 valence electrons. The average Bonchev–Trinajstić information content (AvgIpc) is 3.07. The molecule has 19 heavy (non-hydrogen) atoms. The Morgan fingerprint density at radius 3 is 3.00 bits per heavy atom. The normalized spacial score (nSPS) is 28.8. The van der Waals surface area contributed by atoms with Crippen molar-refractivity contribution in [3.8, 4) is 0 Å². The van der Waals surface area contributed by atoms with Crippen molar-refractivity contribution in [3.63, 3.8) is 0 Å². The first-order valence-electron chi connectivity index (χ1n) is 7.47. The molecule has 3 rings (SSSR count). The highest BCUT2D eigenvalue weighted by Crippen LogP contribution is 2.49. The minimum atomic E-state index is 0.224. The number of fused-ring (bicyclic) bond motifs is 2. The van der Waals surface area contributed by atoms with Crippen LogP contribution in [-0.4, -0.2) is 22.2 Å². The molecule has 0 radical (unpaired) electrons. The first-order chi connectivity index (χ1) is 9.22. The molecule has 2 aliphatic carbocycles. The number of hydrogen-bond donors (Lipinski definition) is 1. The maximum Gasteiger partial charge on any atom is 0.220 e. The van der Waals surface area contributed by atoms with Gasteiger partial charge in [-0.05, 0) is 50.0 Å². The molecule has 3 atom stereocenters. The molecule has 4 heteroatoms. The Morgan fingerprint density at radius 1 is 1.47 bits per heavy atom. The van der Waals surface area contributed by atoms with Gasteiger partial charge in [0.25, 0.3) is 0 Å². The lowest BCUT2D eigenvalue weighted by Crippen LogP contribution is -2.30. The van der Waals surface area contributed by atoms with Gasteiger partial charge < -0.3 is 5.32 Å². The van der Waals surface area contributed by atoms with Crippen molar-refractivity contribution in [2.24, 2.45) is 17.8 Å². The van der Waals surface area contributed by atoms with Crippen LogP contribution >= 0.6 is 0 Å². The highest BCUT2D eigenvalue weighted by Gasteiger charge is 2.39. The van der Waals surface area contributed by atoms with Crippen LogP contribution in [0.5, 0.6) is 0 Å². The van der Waals surface area contributed by atoms with Crippen LogP contribution in [0.15, 0.2) is 12.3 Å². The number of aromatic nitrogens is 2. The SMILES string of the molecule is Cc1ccnn1CCNC(=O)C[C@@H]1C[C@@H]2CC[C@@H]1C2. The van der Waals surface area contributed by atoms with Gasteiger partial charge in [-0.2, -0.15) is 5.10 Å². The van der Waals surface area contributed by atoms with E-state index in [2.05, 4.69) is 10.4 Å². The molecule has 1 aromatic heterocycles. The van der Waals surface area contributed by atoms with Crippen LogP contribution in [0.1, 0.15) is 37.8 Å². The summed E-state index contributed by atoms with van der Waals surface area (Å²) in [5.74, 6) is 2.64. The summed E-state index contributed by atoms with van der Waals surface area (Å²) in [6.45, 7) is 3.48. The van der Waals surface area contributed by atoms with E-state index in [1.165, 1.54) is 25.7 Å². The highest BCUT2D eigenvalue weighted by molar-refractivity contribution is 5.76. The molecule has 1 heterocycles. The second-order valence-electron chi connectivity index (χ2n) is 6.18. The second-order valence-corrected chi connectivity index (χ2v) is 6.18. The number of rotatable bonds is 5. The lowest BCUT2D eigenvalue weighted by Gasteiger charge is -2.20. The number of amides is 1. The van der Waals surface area contributed by atoms with Crippen LogP contribution in [0.25, 0.3) is 0 Å². The maximum absolute atomic E-state index is 11.9. The van der Waals surface area contributed by atoms with E-state index < -0.39 is 0 Å². The third kappa shape index (κ3) is 2.82. The number of nitrogens with one attached hydrogen (secondary N) is 1. The molecule has 0 unspecified atom stereocenters. The van der Waals surface area contributed by atoms with E-state index in [9.17, 15) is 4.79 Å². The van der Waals surface area contributed by atoms with Crippen molar-refractivity contribution in [3.05, 3.63) is 18.0 Å². The lowest BCUT2D eigenvalue weighted by molar-refractivity contribution is -0.122. The monoisotopic (exact) mass is 261 g/mol. The zero-order chi connectivity index (χ0) is 13.2. The number of carbonyl (C=O) groups is 1.